The highest BCUT2D eigenvalue weighted by molar-refractivity contribution is 5.26. The summed E-state index contributed by atoms with van der Waals surface area (Å²) in [6.45, 7) is 9.74. The van der Waals surface area contributed by atoms with E-state index < -0.39 is 11.7 Å². The van der Waals surface area contributed by atoms with E-state index in [4.69, 9.17) is 4.74 Å². The lowest BCUT2D eigenvalue weighted by Gasteiger charge is -2.30. The fraction of sp³-hybridized carbons (Fsp3) is 0.625. The minimum atomic E-state index is -0.702. The van der Waals surface area contributed by atoms with Crippen molar-refractivity contribution in [3.05, 3.63) is 35.1 Å². The van der Waals surface area contributed by atoms with E-state index in [-0.39, 0.29) is 17.3 Å². The van der Waals surface area contributed by atoms with E-state index in [1.165, 1.54) is 6.07 Å². The number of benzene rings is 1. The van der Waals surface area contributed by atoms with Gasteiger partial charge in [-0.2, -0.15) is 0 Å². The van der Waals surface area contributed by atoms with E-state index in [1.54, 1.807) is 19.1 Å². The monoisotopic (exact) mass is 266 g/mol. The normalized spacial score (nSPS) is 26.4. The van der Waals surface area contributed by atoms with Crippen molar-refractivity contribution in [3.63, 3.8) is 0 Å². The van der Waals surface area contributed by atoms with Crippen molar-refractivity contribution in [1.82, 2.24) is 0 Å². The van der Waals surface area contributed by atoms with Crippen molar-refractivity contribution >= 4 is 0 Å². The molecule has 1 aromatic carbocycles. The Balaban J connectivity index is 2.28. The topological polar surface area (TPSA) is 29.5 Å². The molecule has 0 aromatic heterocycles. The summed E-state index contributed by atoms with van der Waals surface area (Å²) in [4.78, 5) is 0. The maximum atomic E-state index is 13.6. The number of hydrogen-bond acceptors (Lipinski definition) is 2. The van der Waals surface area contributed by atoms with Gasteiger partial charge < -0.3 is 9.84 Å². The third-order valence-corrected chi connectivity index (χ3v) is 4.06. The highest BCUT2D eigenvalue weighted by Crippen LogP contribution is 2.47. The molecule has 1 N–H and O–H groups in total. The molecule has 1 heterocycles. The van der Waals surface area contributed by atoms with Crippen molar-refractivity contribution < 1.29 is 14.2 Å². The van der Waals surface area contributed by atoms with Crippen LogP contribution in [0, 0.1) is 18.7 Å². The van der Waals surface area contributed by atoms with Crippen LogP contribution in [0.4, 0.5) is 4.39 Å². The van der Waals surface area contributed by atoms with Crippen LogP contribution in [-0.4, -0.2) is 16.3 Å². The minimum Gasteiger partial charge on any atom is -0.388 e. The van der Waals surface area contributed by atoms with Crippen LogP contribution in [-0.2, 0) is 4.74 Å². The molecule has 2 atom stereocenters. The molecule has 0 saturated carbocycles. The van der Waals surface area contributed by atoms with E-state index >= 15 is 0 Å². The number of ether oxygens (including phenoxy) is 1. The summed E-state index contributed by atoms with van der Waals surface area (Å²) in [6, 6.07) is 4.94. The van der Waals surface area contributed by atoms with Crippen LogP contribution in [0.25, 0.3) is 0 Å². The van der Waals surface area contributed by atoms with Gasteiger partial charge >= 0.3 is 0 Å². The van der Waals surface area contributed by atoms with Crippen LogP contribution in [0.3, 0.4) is 0 Å². The van der Waals surface area contributed by atoms with Gasteiger partial charge in [0, 0.05) is 5.92 Å². The van der Waals surface area contributed by atoms with Crippen LogP contribution in [0.15, 0.2) is 18.2 Å². The second-order valence-electron chi connectivity index (χ2n) is 6.73. The predicted molar refractivity (Wildman–Crippen MR) is 73.4 cm³/mol. The SMILES string of the molecule is Cc1ccc(C(O)C2CC(C)(C)OC2(C)C)cc1F. The predicted octanol–water partition coefficient (Wildman–Crippen LogP) is 3.76. The molecule has 106 valence electrons. The number of aliphatic hydroxyl groups is 1. The van der Waals surface area contributed by atoms with E-state index in [1.807, 2.05) is 27.7 Å². The maximum Gasteiger partial charge on any atom is 0.126 e. The zero-order valence-corrected chi connectivity index (χ0v) is 12.3. The lowest BCUT2D eigenvalue weighted by Crippen LogP contribution is -2.32. The van der Waals surface area contributed by atoms with Crippen molar-refractivity contribution in [1.29, 1.82) is 0 Å². The van der Waals surface area contributed by atoms with E-state index in [0.29, 0.717) is 11.1 Å². The number of aryl methyl sites for hydroxylation is 1. The van der Waals surface area contributed by atoms with Crippen molar-refractivity contribution in [2.75, 3.05) is 0 Å². The summed E-state index contributed by atoms with van der Waals surface area (Å²) in [5, 5.41) is 10.6. The molecule has 1 fully saturated rings. The van der Waals surface area contributed by atoms with Crippen molar-refractivity contribution in [2.45, 2.75) is 58.3 Å². The average molecular weight is 266 g/mol. The molecule has 1 aliphatic rings. The third kappa shape index (κ3) is 2.82. The van der Waals surface area contributed by atoms with Gasteiger partial charge in [-0.25, -0.2) is 4.39 Å². The quantitative estimate of drug-likeness (QED) is 0.883. The van der Waals surface area contributed by atoms with Crippen LogP contribution < -0.4 is 0 Å². The third-order valence-electron chi connectivity index (χ3n) is 4.06. The van der Waals surface area contributed by atoms with Gasteiger partial charge in [0.2, 0.25) is 0 Å². The minimum absolute atomic E-state index is 0.0374. The Labute approximate surface area is 114 Å². The molecule has 0 aliphatic carbocycles. The Morgan fingerprint density at radius 2 is 1.95 bits per heavy atom. The molecule has 3 heteroatoms. The molecule has 0 amide bonds. The molecule has 19 heavy (non-hydrogen) atoms. The largest absolute Gasteiger partial charge is 0.388 e. The van der Waals surface area contributed by atoms with Crippen LogP contribution in [0.1, 0.15) is 51.3 Å². The van der Waals surface area contributed by atoms with Crippen LogP contribution >= 0.6 is 0 Å². The zero-order valence-electron chi connectivity index (χ0n) is 12.3. The fourth-order valence-electron chi connectivity index (χ4n) is 3.12. The Morgan fingerprint density at radius 3 is 2.42 bits per heavy atom. The van der Waals surface area contributed by atoms with E-state index in [2.05, 4.69) is 0 Å². The van der Waals surface area contributed by atoms with Gasteiger partial charge in [0.15, 0.2) is 0 Å². The first-order chi connectivity index (χ1) is 8.62. The molecule has 2 rings (SSSR count). The van der Waals surface area contributed by atoms with E-state index in [0.717, 1.165) is 6.42 Å². The van der Waals surface area contributed by atoms with Gasteiger partial charge in [-0.3, -0.25) is 0 Å². The second kappa shape index (κ2) is 4.57. The molecular weight excluding hydrogens is 243 g/mol. The molecular formula is C16H23FO2. The number of aliphatic hydroxyl groups excluding tert-OH is 1. The number of rotatable bonds is 2. The highest BCUT2D eigenvalue weighted by Gasteiger charge is 2.49. The van der Waals surface area contributed by atoms with Crippen molar-refractivity contribution in [2.24, 2.45) is 5.92 Å². The Morgan fingerprint density at radius 1 is 1.32 bits per heavy atom. The average Bonchev–Trinajstić information content (AvgIpc) is 2.49. The summed E-state index contributed by atoms with van der Waals surface area (Å²) < 4.78 is 19.6. The molecule has 1 saturated heterocycles. The summed E-state index contributed by atoms with van der Waals surface area (Å²) >= 11 is 0. The molecule has 2 nitrogen and oxygen atoms in total. The van der Waals surface area contributed by atoms with Gasteiger partial charge in [-0.05, 0) is 58.2 Å². The van der Waals surface area contributed by atoms with Gasteiger partial charge in [0.05, 0.1) is 17.3 Å². The molecule has 0 spiro atoms. The summed E-state index contributed by atoms with van der Waals surface area (Å²) in [5.74, 6) is -0.308. The van der Waals surface area contributed by atoms with Gasteiger partial charge in [-0.1, -0.05) is 12.1 Å². The number of hydrogen-bond donors (Lipinski definition) is 1. The standard InChI is InChI=1S/C16H23FO2/c1-10-6-7-11(8-13(10)17)14(18)12-9-15(2,3)19-16(12,4)5/h6-8,12,14,18H,9H2,1-5H3. The molecule has 2 unspecified atom stereocenters. The zero-order chi connectivity index (χ0) is 14.4. The number of halogens is 1. The van der Waals surface area contributed by atoms with Gasteiger partial charge in [0.25, 0.3) is 0 Å². The van der Waals surface area contributed by atoms with Crippen LogP contribution in [0.5, 0.6) is 0 Å². The molecule has 1 aliphatic heterocycles. The molecule has 0 radical (unpaired) electrons. The fourth-order valence-corrected chi connectivity index (χ4v) is 3.12. The first kappa shape index (κ1) is 14.5. The maximum absolute atomic E-state index is 13.6. The summed E-state index contributed by atoms with van der Waals surface area (Å²) in [7, 11) is 0. The van der Waals surface area contributed by atoms with Gasteiger partial charge in [0.1, 0.15) is 5.82 Å². The molecule has 0 bridgehead atoms. The van der Waals surface area contributed by atoms with Gasteiger partial charge in [-0.15, -0.1) is 0 Å². The van der Waals surface area contributed by atoms with E-state index in [9.17, 15) is 9.50 Å². The first-order valence-electron chi connectivity index (χ1n) is 6.77. The lowest BCUT2D eigenvalue weighted by molar-refractivity contribution is -0.0880. The van der Waals surface area contributed by atoms with Crippen LogP contribution in [0.2, 0.25) is 0 Å². The Kier molecular flexibility index (Phi) is 3.48. The Hall–Kier alpha value is -0.930. The highest BCUT2D eigenvalue weighted by atomic mass is 19.1. The lowest BCUT2D eigenvalue weighted by atomic mass is 9.80. The smallest absolute Gasteiger partial charge is 0.126 e. The Bertz CT molecular complexity index is 480. The van der Waals surface area contributed by atoms with Crippen molar-refractivity contribution in [3.8, 4) is 0 Å². The summed E-state index contributed by atoms with van der Waals surface area (Å²) in [5.41, 5.74) is 0.559. The summed E-state index contributed by atoms with van der Waals surface area (Å²) in [6.07, 6.45) is 0.0586. The first-order valence-corrected chi connectivity index (χ1v) is 6.77. The molecule has 1 aromatic rings. The second-order valence-corrected chi connectivity index (χ2v) is 6.73.